The Morgan fingerprint density at radius 1 is 1.04 bits per heavy atom. The van der Waals surface area contributed by atoms with Crippen LogP contribution in [0.3, 0.4) is 0 Å². The van der Waals surface area contributed by atoms with Gasteiger partial charge in [0.15, 0.2) is 0 Å². The lowest BCUT2D eigenvalue weighted by Gasteiger charge is -2.07. The number of aromatic nitrogens is 2. The van der Waals surface area contributed by atoms with Crippen LogP contribution in [0.4, 0.5) is 5.69 Å². The first kappa shape index (κ1) is 16.8. The smallest absolute Gasteiger partial charge is 0.258 e. The van der Waals surface area contributed by atoms with E-state index >= 15 is 0 Å². The van der Waals surface area contributed by atoms with E-state index in [2.05, 4.69) is 10.4 Å². The molecule has 3 aromatic rings. The third kappa shape index (κ3) is 3.73. The molecule has 0 aliphatic rings. The summed E-state index contributed by atoms with van der Waals surface area (Å²) in [6, 6.07) is 12.5. The molecule has 4 nitrogen and oxygen atoms in total. The molecule has 24 heavy (non-hydrogen) atoms. The third-order valence-electron chi connectivity index (χ3n) is 3.39. The Bertz CT molecular complexity index is 892. The van der Waals surface area contributed by atoms with Crippen molar-refractivity contribution in [1.29, 1.82) is 0 Å². The predicted molar refractivity (Wildman–Crippen MR) is 97.2 cm³/mol. The number of carbonyl (C=O) groups is 1. The van der Waals surface area contributed by atoms with Crippen molar-refractivity contribution in [1.82, 2.24) is 9.78 Å². The van der Waals surface area contributed by atoms with Gasteiger partial charge in [-0.25, -0.2) is 0 Å². The quantitative estimate of drug-likeness (QED) is 0.681. The van der Waals surface area contributed by atoms with E-state index in [1.165, 1.54) is 6.20 Å². The standard InChI is InChI=1S/C17H12Cl3N3O/c18-13-5-2-1-4-11(13)9-23-10-12(8-21-23)17(24)22-15-7-3-6-14(19)16(15)20/h1-8,10H,9H2,(H,22,24). The Labute approximate surface area is 154 Å². The van der Waals surface area contributed by atoms with E-state index in [4.69, 9.17) is 34.8 Å². The monoisotopic (exact) mass is 379 g/mol. The summed E-state index contributed by atoms with van der Waals surface area (Å²) in [5, 5.41) is 8.25. The number of benzene rings is 2. The van der Waals surface area contributed by atoms with Crippen molar-refractivity contribution in [2.24, 2.45) is 0 Å². The molecule has 0 aliphatic heterocycles. The summed E-state index contributed by atoms with van der Waals surface area (Å²) in [6.07, 6.45) is 3.14. The van der Waals surface area contributed by atoms with Gasteiger partial charge in [0.25, 0.3) is 5.91 Å². The third-order valence-corrected chi connectivity index (χ3v) is 4.57. The maximum Gasteiger partial charge on any atom is 0.258 e. The van der Waals surface area contributed by atoms with Gasteiger partial charge in [-0.1, -0.05) is 59.1 Å². The molecule has 1 heterocycles. The molecule has 0 saturated heterocycles. The predicted octanol–water partition coefficient (Wildman–Crippen LogP) is 5.14. The summed E-state index contributed by atoms with van der Waals surface area (Å²) in [5.41, 5.74) is 1.79. The largest absolute Gasteiger partial charge is 0.320 e. The number of nitrogens with zero attached hydrogens (tertiary/aromatic N) is 2. The molecule has 0 bridgehead atoms. The van der Waals surface area contributed by atoms with Crippen LogP contribution in [0.5, 0.6) is 0 Å². The molecule has 0 saturated carbocycles. The first-order chi connectivity index (χ1) is 11.5. The molecular formula is C17H12Cl3N3O. The highest BCUT2D eigenvalue weighted by Crippen LogP contribution is 2.29. The van der Waals surface area contributed by atoms with Gasteiger partial charge in [-0.2, -0.15) is 5.10 Å². The summed E-state index contributed by atoms with van der Waals surface area (Å²) in [7, 11) is 0. The van der Waals surface area contributed by atoms with Gasteiger partial charge < -0.3 is 5.32 Å². The molecule has 0 atom stereocenters. The van der Waals surface area contributed by atoms with Gasteiger partial charge in [-0.15, -0.1) is 0 Å². The molecule has 1 amide bonds. The van der Waals surface area contributed by atoms with Crippen LogP contribution in [0.2, 0.25) is 15.1 Å². The minimum atomic E-state index is -0.315. The molecule has 0 radical (unpaired) electrons. The number of carbonyl (C=O) groups excluding carboxylic acids is 1. The second-order valence-electron chi connectivity index (χ2n) is 5.07. The van der Waals surface area contributed by atoms with Gasteiger partial charge in [-0.3, -0.25) is 9.48 Å². The van der Waals surface area contributed by atoms with Crippen LogP contribution < -0.4 is 5.32 Å². The van der Waals surface area contributed by atoms with E-state index in [0.717, 1.165) is 5.56 Å². The minimum Gasteiger partial charge on any atom is -0.320 e. The van der Waals surface area contributed by atoms with Crippen LogP contribution in [-0.4, -0.2) is 15.7 Å². The van der Waals surface area contributed by atoms with E-state index in [9.17, 15) is 4.79 Å². The number of anilines is 1. The Hall–Kier alpha value is -2.01. The van der Waals surface area contributed by atoms with Crippen LogP contribution in [0.25, 0.3) is 0 Å². The van der Waals surface area contributed by atoms with Crippen LogP contribution in [0, 0.1) is 0 Å². The zero-order chi connectivity index (χ0) is 17.1. The van der Waals surface area contributed by atoms with Crippen molar-refractivity contribution < 1.29 is 4.79 Å². The molecule has 1 N–H and O–H groups in total. The van der Waals surface area contributed by atoms with Crippen molar-refractivity contribution in [3.8, 4) is 0 Å². The number of rotatable bonds is 4. The van der Waals surface area contributed by atoms with E-state index in [1.807, 2.05) is 24.3 Å². The Morgan fingerprint density at radius 3 is 2.58 bits per heavy atom. The molecule has 7 heteroatoms. The topological polar surface area (TPSA) is 46.9 Å². The molecule has 0 spiro atoms. The van der Waals surface area contributed by atoms with Gasteiger partial charge >= 0.3 is 0 Å². The van der Waals surface area contributed by atoms with Gasteiger partial charge in [0.05, 0.1) is 34.0 Å². The van der Waals surface area contributed by atoms with Crippen molar-refractivity contribution >= 4 is 46.4 Å². The normalized spacial score (nSPS) is 10.6. The van der Waals surface area contributed by atoms with Crippen LogP contribution >= 0.6 is 34.8 Å². The number of halogens is 3. The number of hydrogen-bond acceptors (Lipinski definition) is 2. The van der Waals surface area contributed by atoms with E-state index in [1.54, 1.807) is 29.1 Å². The van der Waals surface area contributed by atoms with E-state index in [0.29, 0.717) is 32.9 Å². The lowest BCUT2D eigenvalue weighted by atomic mass is 10.2. The van der Waals surface area contributed by atoms with Crippen LogP contribution in [0.15, 0.2) is 54.9 Å². The molecule has 0 fully saturated rings. The molecular weight excluding hydrogens is 369 g/mol. The van der Waals surface area contributed by atoms with Crippen molar-refractivity contribution in [2.45, 2.75) is 6.54 Å². The Morgan fingerprint density at radius 2 is 1.79 bits per heavy atom. The molecule has 0 unspecified atom stereocenters. The number of hydrogen-bond donors (Lipinski definition) is 1. The van der Waals surface area contributed by atoms with Crippen molar-refractivity contribution in [3.63, 3.8) is 0 Å². The fraction of sp³-hybridized carbons (Fsp3) is 0.0588. The SMILES string of the molecule is O=C(Nc1cccc(Cl)c1Cl)c1cnn(Cc2ccccc2Cl)c1. The zero-order valence-corrected chi connectivity index (χ0v) is 14.6. The lowest BCUT2D eigenvalue weighted by Crippen LogP contribution is -2.11. The summed E-state index contributed by atoms with van der Waals surface area (Å²) < 4.78 is 1.65. The van der Waals surface area contributed by atoms with E-state index < -0.39 is 0 Å². The van der Waals surface area contributed by atoms with Gasteiger partial charge in [-0.05, 0) is 23.8 Å². The van der Waals surface area contributed by atoms with Crippen molar-refractivity contribution in [2.75, 3.05) is 5.32 Å². The highest BCUT2D eigenvalue weighted by molar-refractivity contribution is 6.44. The fourth-order valence-corrected chi connectivity index (χ4v) is 2.71. The summed E-state index contributed by atoms with van der Waals surface area (Å²) in [5.74, 6) is -0.315. The maximum absolute atomic E-state index is 12.3. The highest BCUT2D eigenvalue weighted by Gasteiger charge is 2.12. The number of nitrogens with one attached hydrogen (secondary N) is 1. The molecule has 2 aromatic carbocycles. The first-order valence-electron chi connectivity index (χ1n) is 7.06. The molecule has 122 valence electrons. The van der Waals surface area contributed by atoms with Gasteiger partial charge in [0, 0.05) is 11.2 Å². The average Bonchev–Trinajstić information content (AvgIpc) is 3.03. The summed E-state index contributed by atoms with van der Waals surface area (Å²) in [4.78, 5) is 12.3. The molecule has 3 rings (SSSR count). The first-order valence-corrected chi connectivity index (χ1v) is 8.19. The van der Waals surface area contributed by atoms with Crippen LogP contribution in [-0.2, 0) is 6.54 Å². The summed E-state index contributed by atoms with van der Waals surface area (Å²) >= 11 is 18.1. The van der Waals surface area contributed by atoms with Crippen molar-refractivity contribution in [3.05, 3.63) is 81.1 Å². The highest BCUT2D eigenvalue weighted by atomic mass is 35.5. The maximum atomic E-state index is 12.3. The zero-order valence-electron chi connectivity index (χ0n) is 12.3. The van der Waals surface area contributed by atoms with Gasteiger partial charge in [0.2, 0.25) is 0 Å². The number of amides is 1. The fourth-order valence-electron chi connectivity index (χ4n) is 2.16. The van der Waals surface area contributed by atoms with E-state index in [-0.39, 0.29) is 5.91 Å². The minimum absolute atomic E-state index is 0.302. The second kappa shape index (κ2) is 7.26. The Kier molecular flexibility index (Phi) is 5.09. The summed E-state index contributed by atoms with van der Waals surface area (Å²) in [6.45, 7) is 0.477. The average molecular weight is 381 g/mol. The molecule has 1 aromatic heterocycles. The second-order valence-corrected chi connectivity index (χ2v) is 6.27. The Balaban J connectivity index is 1.74. The van der Waals surface area contributed by atoms with Gasteiger partial charge in [0.1, 0.15) is 0 Å². The lowest BCUT2D eigenvalue weighted by molar-refractivity contribution is 0.102. The van der Waals surface area contributed by atoms with Crippen LogP contribution in [0.1, 0.15) is 15.9 Å². The molecule has 0 aliphatic carbocycles.